The van der Waals surface area contributed by atoms with E-state index >= 15 is 0 Å². The number of hydrogen-bond acceptors (Lipinski definition) is 3. The lowest BCUT2D eigenvalue weighted by molar-refractivity contribution is -0.255. The molecule has 2 aromatic carbocycles. The summed E-state index contributed by atoms with van der Waals surface area (Å²) in [6.07, 6.45) is 0. The molecule has 0 atom stereocenters. The molecule has 4 nitrogen and oxygen atoms in total. The van der Waals surface area contributed by atoms with Gasteiger partial charge in [-0.1, -0.05) is 48.0 Å². The standard InChI is InChI=1S/C17H14N2O2/c1-12-7-9-13(10-8-12)16-11-15(17(20)21)18-19(16)14-5-3-2-4-6-14/h2-11H,1H3,(H,20,21)/p-1. The summed E-state index contributed by atoms with van der Waals surface area (Å²) in [5.41, 5.74) is 3.50. The van der Waals surface area contributed by atoms with Crippen molar-refractivity contribution in [3.05, 3.63) is 71.9 Å². The second-order valence-electron chi connectivity index (χ2n) is 4.82. The summed E-state index contributed by atoms with van der Waals surface area (Å²) in [4.78, 5) is 11.1. The number of para-hydroxylation sites is 1. The highest BCUT2D eigenvalue weighted by Crippen LogP contribution is 2.24. The van der Waals surface area contributed by atoms with E-state index in [1.54, 1.807) is 4.68 Å². The van der Waals surface area contributed by atoms with Crippen LogP contribution in [0, 0.1) is 6.92 Å². The Balaban J connectivity index is 2.19. The van der Waals surface area contributed by atoms with Crippen LogP contribution in [0.3, 0.4) is 0 Å². The first kappa shape index (κ1) is 13.1. The second kappa shape index (κ2) is 5.25. The number of carboxylic acid groups (broad SMARTS) is 1. The summed E-state index contributed by atoms with van der Waals surface area (Å²) in [5, 5.41) is 15.2. The normalized spacial score (nSPS) is 10.5. The Bertz CT molecular complexity index is 774. The van der Waals surface area contributed by atoms with Crippen molar-refractivity contribution in [2.75, 3.05) is 0 Å². The Labute approximate surface area is 122 Å². The van der Waals surface area contributed by atoms with E-state index in [1.807, 2.05) is 61.5 Å². The maximum absolute atomic E-state index is 11.1. The molecule has 0 fully saturated rings. The largest absolute Gasteiger partial charge is 0.543 e. The monoisotopic (exact) mass is 277 g/mol. The van der Waals surface area contributed by atoms with Gasteiger partial charge in [0.25, 0.3) is 0 Å². The van der Waals surface area contributed by atoms with E-state index in [9.17, 15) is 9.90 Å². The molecule has 0 saturated heterocycles. The zero-order chi connectivity index (χ0) is 14.8. The number of carboxylic acids is 1. The fourth-order valence-electron chi connectivity index (χ4n) is 2.18. The number of rotatable bonds is 3. The van der Waals surface area contributed by atoms with E-state index in [-0.39, 0.29) is 5.69 Å². The predicted molar refractivity (Wildman–Crippen MR) is 78.1 cm³/mol. The number of carbonyl (C=O) groups is 1. The Morgan fingerprint density at radius 1 is 1.05 bits per heavy atom. The van der Waals surface area contributed by atoms with Gasteiger partial charge in [-0.2, -0.15) is 5.10 Å². The Hall–Kier alpha value is -2.88. The summed E-state index contributed by atoms with van der Waals surface area (Å²) in [7, 11) is 0. The van der Waals surface area contributed by atoms with Crippen LogP contribution in [0.4, 0.5) is 0 Å². The molecule has 0 saturated carbocycles. The van der Waals surface area contributed by atoms with E-state index < -0.39 is 5.97 Å². The van der Waals surface area contributed by atoms with Gasteiger partial charge in [-0.05, 0) is 25.1 Å². The van der Waals surface area contributed by atoms with Gasteiger partial charge in [0, 0.05) is 5.56 Å². The van der Waals surface area contributed by atoms with Crippen molar-refractivity contribution in [3.63, 3.8) is 0 Å². The smallest absolute Gasteiger partial charge is 0.109 e. The topological polar surface area (TPSA) is 57.9 Å². The molecule has 0 aliphatic carbocycles. The summed E-state index contributed by atoms with van der Waals surface area (Å²) in [6.45, 7) is 2.00. The average molecular weight is 277 g/mol. The highest BCUT2D eigenvalue weighted by atomic mass is 16.4. The summed E-state index contributed by atoms with van der Waals surface area (Å²) in [5.74, 6) is -1.28. The minimum absolute atomic E-state index is 0.0746. The molecule has 0 unspecified atom stereocenters. The predicted octanol–water partition coefficient (Wildman–Crippen LogP) is 2.21. The van der Waals surface area contributed by atoms with Crippen molar-refractivity contribution < 1.29 is 9.90 Å². The number of aryl methyl sites for hydroxylation is 1. The van der Waals surface area contributed by atoms with Crippen LogP contribution >= 0.6 is 0 Å². The molecule has 0 radical (unpaired) electrons. The first-order chi connectivity index (χ1) is 10.1. The lowest BCUT2D eigenvalue weighted by Crippen LogP contribution is -2.22. The van der Waals surface area contributed by atoms with Crippen LogP contribution in [0.15, 0.2) is 60.7 Å². The van der Waals surface area contributed by atoms with Crippen molar-refractivity contribution in [3.8, 4) is 16.9 Å². The molecule has 104 valence electrons. The molecule has 0 amide bonds. The number of carbonyl (C=O) groups excluding carboxylic acids is 1. The molecular weight excluding hydrogens is 264 g/mol. The third-order valence-electron chi connectivity index (χ3n) is 3.27. The van der Waals surface area contributed by atoms with Gasteiger partial charge in [-0.3, -0.25) is 0 Å². The van der Waals surface area contributed by atoms with Crippen molar-refractivity contribution in [1.82, 2.24) is 9.78 Å². The van der Waals surface area contributed by atoms with E-state index in [1.165, 1.54) is 6.07 Å². The molecule has 3 aromatic rings. The zero-order valence-electron chi connectivity index (χ0n) is 11.5. The fraction of sp³-hybridized carbons (Fsp3) is 0.0588. The molecule has 1 heterocycles. The van der Waals surface area contributed by atoms with Gasteiger partial charge in [0.15, 0.2) is 0 Å². The maximum atomic E-state index is 11.1. The molecule has 0 bridgehead atoms. The highest BCUT2D eigenvalue weighted by Gasteiger charge is 2.12. The van der Waals surface area contributed by atoms with Gasteiger partial charge in [0.2, 0.25) is 0 Å². The Morgan fingerprint density at radius 3 is 2.33 bits per heavy atom. The third-order valence-corrected chi connectivity index (χ3v) is 3.27. The van der Waals surface area contributed by atoms with Crippen LogP contribution in [0.25, 0.3) is 16.9 Å². The number of aromatic carboxylic acids is 1. The number of benzene rings is 2. The molecule has 0 aliphatic rings. The molecule has 0 aliphatic heterocycles. The Morgan fingerprint density at radius 2 is 1.71 bits per heavy atom. The number of aromatic nitrogens is 2. The summed E-state index contributed by atoms with van der Waals surface area (Å²) in [6, 6.07) is 18.8. The van der Waals surface area contributed by atoms with Gasteiger partial charge < -0.3 is 9.90 Å². The van der Waals surface area contributed by atoms with Crippen LogP contribution in [0.1, 0.15) is 16.1 Å². The molecular formula is C17H13N2O2-. The van der Waals surface area contributed by atoms with Crippen molar-refractivity contribution in [1.29, 1.82) is 0 Å². The van der Waals surface area contributed by atoms with Crippen LogP contribution in [0.5, 0.6) is 0 Å². The van der Waals surface area contributed by atoms with Crippen LogP contribution in [0.2, 0.25) is 0 Å². The van der Waals surface area contributed by atoms with Crippen LogP contribution in [-0.4, -0.2) is 15.7 Å². The Kier molecular flexibility index (Phi) is 3.28. The van der Waals surface area contributed by atoms with E-state index in [0.29, 0.717) is 0 Å². The van der Waals surface area contributed by atoms with Gasteiger partial charge in [-0.15, -0.1) is 0 Å². The molecule has 21 heavy (non-hydrogen) atoms. The summed E-state index contributed by atoms with van der Waals surface area (Å²) < 4.78 is 1.62. The molecule has 3 rings (SSSR count). The zero-order valence-corrected chi connectivity index (χ0v) is 11.5. The van der Waals surface area contributed by atoms with E-state index in [2.05, 4.69) is 5.10 Å². The van der Waals surface area contributed by atoms with Gasteiger partial charge >= 0.3 is 0 Å². The lowest BCUT2D eigenvalue weighted by atomic mass is 10.1. The second-order valence-corrected chi connectivity index (χ2v) is 4.82. The molecule has 4 heteroatoms. The third kappa shape index (κ3) is 2.56. The highest BCUT2D eigenvalue weighted by molar-refractivity contribution is 5.85. The van der Waals surface area contributed by atoms with Crippen LogP contribution in [-0.2, 0) is 0 Å². The number of nitrogens with zero attached hydrogens (tertiary/aromatic N) is 2. The van der Waals surface area contributed by atoms with E-state index in [4.69, 9.17) is 0 Å². The summed E-state index contributed by atoms with van der Waals surface area (Å²) >= 11 is 0. The lowest BCUT2D eigenvalue weighted by Gasteiger charge is -2.07. The van der Waals surface area contributed by atoms with Gasteiger partial charge in [0.05, 0.1) is 17.4 Å². The van der Waals surface area contributed by atoms with Crippen molar-refractivity contribution >= 4 is 5.97 Å². The van der Waals surface area contributed by atoms with Crippen molar-refractivity contribution in [2.24, 2.45) is 0 Å². The first-order valence-corrected chi connectivity index (χ1v) is 6.59. The quantitative estimate of drug-likeness (QED) is 0.737. The molecule has 0 N–H and O–H groups in total. The molecule has 1 aromatic heterocycles. The van der Waals surface area contributed by atoms with Gasteiger partial charge in [0.1, 0.15) is 5.69 Å². The fourth-order valence-corrected chi connectivity index (χ4v) is 2.18. The van der Waals surface area contributed by atoms with Crippen molar-refractivity contribution in [2.45, 2.75) is 6.92 Å². The van der Waals surface area contributed by atoms with E-state index in [0.717, 1.165) is 22.5 Å². The number of hydrogen-bond donors (Lipinski definition) is 0. The van der Waals surface area contributed by atoms with Crippen LogP contribution < -0.4 is 5.11 Å². The maximum Gasteiger partial charge on any atom is 0.109 e. The molecule has 0 spiro atoms. The first-order valence-electron chi connectivity index (χ1n) is 6.59. The average Bonchev–Trinajstić information content (AvgIpc) is 2.94. The SMILES string of the molecule is Cc1ccc(-c2cc(C(=O)[O-])nn2-c2ccccc2)cc1. The minimum atomic E-state index is -1.28. The van der Waals surface area contributed by atoms with Gasteiger partial charge in [-0.25, -0.2) is 4.68 Å². The minimum Gasteiger partial charge on any atom is -0.543 e.